The Hall–Kier alpha value is -1.69. The van der Waals surface area contributed by atoms with Gasteiger partial charge in [0.05, 0.1) is 13.7 Å². The van der Waals surface area contributed by atoms with Crippen molar-refractivity contribution in [3.63, 3.8) is 0 Å². The molecule has 0 N–H and O–H groups in total. The van der Waals surface area contributed by atoms with E-state index in [1.54, 1.807) is 12.1 Å². The maximum atomic E-state index is 13.0. The number of anilines is 1. The molecule has 2 heterocycles. The summed E-state index contributed by atoms with van der Waals surface area (Å²) in [5.74, 6) is -0.0514. The van der Waals surface area contributed by atoms with Gasteiger partial charge in [0.15, 0.2) is 0 Å². The Morgan fingerprint density at radius 1 is 1.39 bits per heavy atom. The van der Waals surface area contributed by atoms with Gasteiger partial charge in [0.1, 0.15) is 5.82 Å². The van der Waals surface area contributed by atoms with E-state index in [-0.39, 0.29) is 5.97 Å². The van der Waals surface area contributed by atoms with Crippen molar-refractivity contribution in [1.29, 1.82) is 0 Å². The molecular formula is C12H16FN3O2. The Labute approximate surface area is 105 Å². The summed E-state index contributed by atoms with van der Waals surface area (Å²) in [5, 5.41) is 0. The minimum Gasteiger partial charge on any atom is -0.468 e. The van der Waals surface area contributed by atoms with Gasteiger partial charge in [-0.25, -0.2) is 4.98 Å². The van der Waals surface area contributed by atoms with E-state index in [2.05, 4.69) is 9.72 Å². The summed E-state index contributed by atoms with van der Waals surface area (Å²) >= 11 is 0. The van der Waals surface area contributed by atoms with Gasteiger partial charge >= 0.3 is 5.97 Å². The topological polar surface area (TPSA) is 45.7 Å². The second-order valence-corrected chi connectivity index (χ2v) is 4.16. The fraction of sp³-hybridized carbons (Fsp3) is 0.500. The first-order valence-corrected chi connectivity index (χ1v) is 5.86. The zero-order valence-corrected chi connectivity index (χ0v) is 10.3. The van der Waals surface area contributed by atoms with E-state index in [9.17, 15) is 9.18 Å². The van der Waals surface area contributed by atoms with Crippen molar-refractivity contribution in [3.05, 3.63) is 24.1 Å². The minimum atomic E-state index is -0.468. The predicted molar refractivity (Wildman–Crippen MR) is 64.9 cm³/mol. The number of halogens is 1. The summed E-state index contributed by atoms with van der Waals surface area (Å²) in [6.07, 6.45) is 0. The van der Waals surface area contributed by atoms with Crippen molar-refractivity contribution in [2.45, 2.75) is 0 Å². The van der Waals surface area contributed by atoms with Crippen molar-refractivity contribution >= 4 is 11.8 Å². The van der Waals surface area contributed by atoms with Gasteiger partial charge in [-0.1, -0.05) is 6.07 Å². The summed E-state index contributed by atoms with van der Waals surface area (Å²) in [4.78, 5) is 19.0. The average Bonchev–Trinajstić information content (AvgIpc) is 2.39. The van der Waals surface area contributed by atoms with Crippen molar-refractivity contribution in [1.82, 2.24) is 9.88 Å². The second kappa shape index (κ2) is 5.77. The highest BCUT2D eigenvalue weighted by atomic mass is 19.1. The van der Waals surface area contributed by atoms with Crippen LogP contribution in [-0.4, -0.2) is 55.7 Å². The van der Waals surface area contributed by atoms with Gasteiger partial charge in [-0.05, 0) is 12.1 Å². The number of carbonyl (C=O) groups excluding carboxylic acids is 1. The smallest absolute Gasteiger partial charge is 0.319 e. The number of pyridine rings is 1. The molecule has 0 amide bonds. The number of ether oxygens (including phenoxy) is 1. The number of rotatable bonds is 3. The summed E-state index contributed by atoms with van der Waals surface area (Å²) in [6.45, 7) is 3.25. The van der Waals surface area contributed by atoms with Gasteiger partial charge in [-0.15, -0.1) is 0 Å². The molecule has 5 nitrogen and oxygen atoms in total. The first-order valence-electron chi connectivity index (χ1n) is 5.86. The lowest BCUT2D eigenvalue weighted by atomic mass is 10.3. The summed E-state index contributed by atoms with van der Waals surface area (Å²) in [6, 6.07) is 4.77. The third kappa shape index (κ3) is 3.16. The van der Waals surface area contributed by atoms with E-state index in [0.717, 1.165) is 26.2 Å². The molecule has 0 bridgehead atoms. The third-order valence-electron chi connectivity index (χ3n) is 2.98. The van der Waals surface area contributed by atoms with Crippen LogP contribution in [0.3, 0.4) is 0 Å². The Bertz CT molecular complexity index is 420. The first-order chi connectivity index (χ1) is 8.69. The molecule has 1 aromatic heterocycles. The molecule has 1 fully saturated rings. The van der Waals surface area contributed by atoms with E-state index in [0.29, 0.717) is 12.4 Å². The van der Waals surface area contributed by atoms with Crippen LogP contribution in [0.5, 0.6) is 0 Å². The van der Waals surface area contributed by atoms with Crippen LogP contribution in [0, 0.1) is 5.95 Å². The molecule has 0 spiro atoms. The monoisotopic (exact) mass is 253 g/mol. The molecule has 2 rings (SSSR count). The van der Waals surface area contributed by atoms with Crippen LogP contribution in [0.25, 0.3) is 0 Å². The highest BCUT2D eigenvalue weighted by Crippen LogP contribution is 2.13. The van der Waals surface area contributed by atoms with Gasteiger partial charge in [0.2, 0.25) is 5.95 Å². The van der Waals surface area contributed by atoms with E-state index < -0.39 is 5.95 Å². The molecule has 0 saturated carbocycles. The van der Waals surface area contributed by atoms with Crippen LogP contribution in [0.15, 0.2) is 18.2 Å². The molecule has 0 aliphatic carbocycles. The molecule has 6 heteroatoms. The van der Waals surface area contributed by atoms with Gasteiger partial charge in [0, 0.05) is 26.2 Å². The number of hydrogen-bond acceptors (Lipinski definition) is 5. The summed E-state index contributed by atoms with van der Waals surface area (Å²) < 4.78 is 17.6. The molecule has 0 radical (unpaired) electrons. The number of methoxy groups -OCH3 is 1. The number of carbonyl (C=O) groups is 1. The molecule has 0 aromatic carbocycles. The molecule has 18 heavy (non-hydrogen) atoms. The predicted octanol–water partition coefficient (Wildman–Crippen LogP) is 0.516. The molecule has 1 saturated heterocycles. The lowest BCUT2D eigenvalue weighted by molar-refractivity contribution is -0.142. The lowest BCUT2D eigenvalue weighted by Crippen LogP contribution is -2.48. The Kier molecular flexibility index (Phi) is 4.09. The fourth-order valence-corrected chi connectivity index (χ4v) is 1.96. The highest BCUT2D eigenvalue weighted by Gasteiger charge is 2.20. The van der Waals surface area contributed by atoms with Gasteiger partial charge in [0.25, 0.3) is 0 Å². The van der Waals surface area contributed by atoms with Crippen LogP contribution in [0.2, 0.25) is 0 Å². The Balaban J connectivity index is 1.88. The minimum absolute atomic E-state index is 0.229. The van der Waals surface area contributed by atoms with E-state index in [4.69, 9.17) is 0 Å². The molecule has 1 aromatic rings. The SMILES string of the molecule is COC(=O)CN1CCN(c2cccc(F)n2)CC1. The van der Waals surface area contributed by atoms with Crippen LogP contribution < -0.4 is 4.90 Å². The quantitative estimate of drug-likeness (QED) is 0.580. The van der Waals surface area contributed by atoms with Gasteiger partial charge < -0.3 is 9.64 Å². The molecular weight excluding hydrogens is 237 g/mol. The summed E-state index contributed by atoms with van der Waals surface area (Å²) in [7, 11) is 1.38. The first kappa shape index (κ1) is 12.8. The van der Waals surface area contributed by atoms with Crippen LogP contribution in [0.1, 0.15) is 0 Å². The number of hydrogen-bond donors (Lipinski definition) is 0. The van der Waals surface area contributed by atoms with Crippen LogP contribution >= 0.6 is 0 Å². The molecule has 1 aliphatic rings. The molecule has 0 unspecified atom stereocenters. The average molecular weight is 253 g/mol. The van der Waals surface area contributed by atoms with Crippen LogP contribution in [-0.2, 0) is 9.53 Å². The van der Waals surface area contributed by atoms with Crippen LogP contribution in [0.4, 0.5) is 10.2 Å². The zero-order chi connectivity index (χ0) is 13.0. The Morgan fingerprint density at radius 3 is 2.72 bits per heavy atom. The molecule has 1 aliphatic heterocycles. The van der Waals surface area contributed by atoms with Gasteiger partial charge in [-0.3, -0.25) is 9.69 Å². The maximum absolute atomic E-state index is 13.0. The largest absolute Gasteiger partial charge is 0.468 e. The summed E-state index contributed by atoms with van der Waals surface area (Å²) in [5.41, 5.74) is 0. The number of nitrogens with zero attached hydrogens (tertiary/aromatic N) is 3. The second-order valence-electron chi connectivity index (χ2n) is 4.16. The molecule has 0 atom stereocenters. The number of aromatic nitrogens is 1. The number of piperazine rings is 1. The van der Waals surface area contributed by atoms with Crippen molar-refractivity contribution in [3.8, 4) is 0 Å². The fourth-order valence-electron chi connectivity index (χ4n) is 1.96. The highest BCUT2D eigenvalue weighted by molar-refractivity contribution is 5.71. The standard InChI is InChI=1S/C12H16FN3O2/c1-18-12(17)9-15-5-7-16(8-6-15)11-4-2-3-10(13)14-11/h2-4H,5-9H2,1H3. The normalized spacial score (nSPS) is 16.7. The van der Waals surface area contributed by atoms with E-state index in [1.807, 2.05) is 9.80 Å². The van der Waals surface area contributed by atoms with Crippen molar-refractivity contribution < 1.29 is 13.9 Å². The van der Waals surface area contributed by atoms with E-state index >= 15 is 0 Å². The van der Waals surface area contributed by atoms with E-state index in [1.165, 1.54) is 13.2 Å². The zero-order valence-electron chi connectivity index (χ0n) is 10.3. The number of esters is 1. The lowest BCUT2D eigenvalue weighted by Gasteiger charge is -2.34. The Morgan fingerprint density at radius 2 is 2.11 bits per heavy atom. The van der Waals surface area contributed by atoms with Crippen molar-refractivity contribution in [2.75, 3.05) is 44.7 Å². The third-order valence-corrected chi connectivity index (χ3v) is 2.98. The van der Waals surface area contributed by atoms with Gasteiger partial charge in [-0.2, -0.15) is 4.39 Å². The molecule has 98 valence electrons. The maximum Gasteiger partial charge on any atom is 0.319 e. The van der Waals surface area contributed by atoms with Crippen molar-refractivity contribution in [2.24, 2.45) is 0 Å².